The summed E-state index contributed by atoms with van der Waals surface area (Å²) in [5.41, 5.74) is 9.16. The van der Waals surface area contributed by atoms with E-state index in [0.29, 0.717) is 5.56 Å². The molecule has 3 nitrogen and oxygen atoms in total. The predicted octanol–water partition coefficient (Wildman–Crippen LogP) is 10.9. The normalized spacial score (nSPS) is 11.8. The van der Waals surface area contributed by atoms with Crippen LogP contribution in [-0.4, -0.2) is 4.57 Å². The fourth-order valence-electron chi connectivity index (χ4n) is 7.57. The summed E-state index contributed by atoms with van der Waals surface area (Å²) in [6.45, 7) is 0. The van der Waals surface area contributed by atoms with Gasteiger partial charge in [-0.3, -0.25) is 0 Å². The minimum Gasteiger partial charge on any atom is -0.456 e. The van der Waals surface area contributed by atoms with Gasteiger partial charge in [0, 0.05) is 32.8 Å². The van der Waals surface area contributed by atoms with E-state index in [9.17, 15) is 5.26 Å². The number of hydrogen-bond acceptors (Lipinski definition) is 2. The van der Waals surface area contributed by atoms with Gasteiger partial charge in [-0.1, -0.05) is 127 Å². The molecule has 0 saturated heterocycles. The fraction of sp³-hybridized carbons (Fsp3) is 0.0227. The number of furan rings is 1. The molecule has 0 amide bonds. The van der Waals surface area contributed by atoms with Gasteiger partial charge in [-0.2, -0.15) is 5.26 Å². The Kier molecular flexibility index (Phi) is 6.10. The number of rotatable bonds is 5. The fourth-order valence-corrected chi connectivity index (χ4v) is 7.57. The number of para-hydroxylation sites is 2. The van der Waals surface area contributed by atoms with Gasteiger partial charge >= 0.3 is 0 Å². The predicted molar refractivity (Wildman–Crippen MR) is 191 cm³/mol. The third-order valence-corrected chi connectivity index (χ3v) is 9.55. The minimum absolute atomic E-state index is 0.601. The van der Waals surface area contributed by atoms with Crippen LogP contribution in [-0.2, 0) is 5.41 Å². The van der Waals surface area contributed by atoms with Crippen molar-refractivity contribution in [1.82, 2.24) is 4.57 Å². The van der Waals surface area contributed by atoms with E-state index in [-0.39, 0.29) is 0 Å². The van der Waals surface area contributed by atoms with Crippen LogP contribution in [0.2, 0.25) is 0 Å². The molecule has 2 aromatic heterocycles. The molecule has 3 heteroatoms. The first-order valence-corrected chi connectivity index (χ1v) is 15.8. The molecule has 0 radical (unpaired) electrons. The van der Waals surface area contributed by atoms with Gasteiger partial charge in [0.1, 0.15) is 11.2 Å². The van der Waals surface area contributed by atoms with E-state index >= 15 is 0 Å². The molecule has 0 unspecified atom stereocenters. The summed E-state index contributed by atoms with van der Waals surface area (Å²) >= 11 is 0. The summed E-state index contributed by atoms with van der Waals surface area (Å²) in [5, 5.41) is 14.2. The van der Waals surface area contributed by atoms with Gasteiger partial charge < -0.3 is 8.98 Å². The number of aromatic nitrogens is 1. The van der Waals surface area contributed by atoms with Crippen molar-refractivity contribution in [2.24, 2.45) is 0 Å². The Morgan fingerprint density at radius 1 is 0.489 bits per heavy atom. The monoisotopic (exact) mass is 600 g/mol. The number of nitriles is 1. The van der Waals surface area contributed by atoms with Crippen LogP contribution in [0.4, 0.5) is 0 Å². The smallest absolute Gasteiger partial charge is 0.140 e. The molecular formula is C44H28N2O. The lowest BCUT2D eigenvalue weighted by atomic mass is 9.64. The molecule has 0 atom stereocenters. The number of fused-ring (bicyclic) bond motifs is 6. The molecule has 0 N–H and O–H groups in total. The summed E-state index contributed by atoms with van der Waals surface area (Å²) in [6.07, 6.45) is 0. The molecule has 0 saturated carbocycles. The lowest BCUT2D eigenvalue weighted by Gasteiger charge is -2.37. The maximum absolute atomic E-state index is 9.89. The largest absolute Gasteiger partial charge is 0.456 e. The second-order valence-corrected chi connectivity index (χ2v) is 12.0. The zero-order valence-corrected chi connectivity index (χ0v) is 25.5. The van der Waals surface area contributed by atoms with E-state index < -0.39 is 5.41 Å². The second kappa shape index (κ2) is 10.6. The van der Waals surface area contributed by atoms with Gasteiger partial charge in [-0.15, -0.1) is 0 Å². The third-order valence-electron chi connectivity index (χ3n) is 9.55. The van der Waals surface area contributed by atoms with E-state index in [1.54, 1.807) is 0 Å². The topological polar surface area (TPSA) is 41.9 Å². The average molecular weight is 601 g/mol. The van der Waals surface area contributed by atoms with Crippen LogP contribution in [0.5, 0.6) is 0 Å². The van der Waals surface area contributed by atoms with Gasteiger partial charge in [0.25, 0.3) is 0 Å². The van der Waals surface area contributed by atoms with Crippen molar-refractivity contribution >= 4 is 43.7 Å². The quantitative estimate of drug-likeness (QED) is 0.184. The highest BCUT2D eigenvalue weighted by Crippen LogP contribution is 2.50. The highest BCUT2D eigenvalue weighted by atomic mass is 16.3. The summed E-state index contributed by atoms with van der Waals surface area (Å²) in [5.74, 6) is 0. The number of benzene rings is 7. The van der Waals surface area contributed by atoms with E-state index in [2.05, 4.69) is 162 Å². The van der Waals surface area contributed by atoms with E-state index in [4.69, 9.17) is 4.42 Å². The van der Waals surface area contributed by atoms with E-state index in [1.165, 1.54) is 10.8 Å². The van der Waals surface area contributed by atoms with Gasteiger partial charge in [0.15, 0.2) is 0 Å². The molecular weight excluding hydrogens is 572 g/mol. The number of hydrogen-bond donors (Lipinski definition) is 0. The van der Waals surface area contributed by atoms with Crippen molar-refractivity contribution in [3.05, 3.63) is 198 Å². The van der Waals surface area contributed by atoms with Crippen molar-refractivity contribution < 1.29 is 4.42 Å². The second-order valence-electron chi connectivity index (χ2n) is 12.0. The molecule has 9 aromatic rings. The molecule has 47 heavy (non-hydrogen) atoms. The Labute approximate surface area is 272 Å². The zero-order valence-electron chi connectivity index (χ0n) is 25.5. The van der Waals surface area contributed by atoms with Gasteiger partial charge in [0.2, 0.25) is 0 Å². The lowest BCUT2D eigenvalue weighted by molar-refractivity contribution is 0.645. The summed E-state index contributed by atoms with van der Waals surface area (Å²) in [4.78, 5) is 0. The molecule has 7 aromatic carbocycles. The van der Waals surface area contributed by atoms with Crippen LogP contribution in [0.1, 0.15) is 27.8 Å². The Morgan fingerprint density at radius 3 is 1.53 bits per heavy atom. The molecule has 0 fully saturated rings. The van der Waals surface area contributed by atoms with E-state index in [0.717, 1.165) is 60.9 Å². The highest BCUT2D eigenvalue weighted by Gasteiger charge is 2.41. The van der Waals surface area contributed by atoms with Gasteiger partial charge in [-0.25, -0.2) is 0 Å². The Morgan fingerprint density at radius 2 is 1.00 bits per heavy atom. The van der Waals surface area contributed by atoms with Crippen molar-refractivity contribution in [2.45, 2.75) is 5.41 Å². The molecule has 2 heterocycles. The first-order chi connectivity index (χ1) is 23.3. The van der Waals surface area contributed by atoms with Crippen LogP contribution in [0.15, 0.2) is 174 Å². The molecule has 0 aliphatic rings. The maximum Gasteiger partial charge on any atom is 0.140 e. The minimum atomic E-state index is -0.733. The van der Waals surface area contributed by atoms with Crippen LogP contribution in [0, 0.1) is 11.3 Å². The van der Waals surface area contributed by atoms with Crippen LogP contribution >= 0.6 is 0 Å². The first-order valence-electron chi connectivity index (χ1n) is 15.8. The lowest BCUT2D eigenvalue weighted by Crippen LogP contribution is -2.31. The van der Waals surface area contributed by atoms with Gasteiger partial charge in [-0.05, 0) is 59.2 Å². The van der Waals surface area contributed by atoms with Crippen LogP contribution < -0.4 is 0 Å². The Bertz CT molecular complexity index is 2470. The molecule has 220 valence electrons. The number of nitrogens with zero attached hydrogens (tertiary/aromatic N) is 2. The molecule has 0 aliphatic carbocycles. The maximum atomic E-state index is 9.89. The van der Waals surface area contributed by atoms with Crippen LogP contribution in [0.25, 0.3) is 49.4 Å². The summed E-state index contributed by atoms with van der Waals surface area (Å²) in [6, 6.07) is 62.0. The van der Waals surface area contributed by atoms with Gasteiger partial charge in [0.05, 0.1) is 28.1 Å². The third kappa shape index (κ3) is 3.99. The highest BCUT2D eigenvalue weighted by molar-refractivity contribution is 6.11. The SMILES string of the molecule is N#Cc1ccc2oc3c(C(c4ccccc4)(c4ccccc4)c4ccccc4)cc(-n4c5ccccc5c5ccccc54)cc3c2c1. The Balaban J connectivity index is 1.52. The average Bonchev–Trinajstić information content (AvgIpc) is 3.69. The Hall–Kier alpha value is -6.37. The van der Waals surface area contributed by atoms with Crippen molar-refractivity contribution in [1.29, 1.82) is 5.26 Å². The summed E-state index contributed by atoms with van der Waals surface area (Å²) in [7, 11) is 0. The first kappa shape index (κ1) is 27.0. The van der Waals surface area contributed by atoms with Crippen molar-refractivity contribution in [3.63, 3.8) is 0 Å². The van der Waals surface area contributed by atoms with Crippen molar-refractivity contribution in [2.75, 3.05) is 0 Å². The summed E-state index contributed by atoms with van der Waals surface area (Å²) < 4.78 is 9.25. The molecule has 0 spiro atoms. The molecule has 0 aliphatic heterocycles. The standard InChI is InChI=1S/C44H28N2O/c45-29-30-24-25-42-37(26-30)38-27-34(46-40-22-12-10-20-35(40)36-21-11-13-23-41(36)46)28-39(43(38)47-42)44(31-14-4-1-5-15-31,32-16-6-2-7-17-32)33-18-8-3-9-19-33/h1-28H. The van der Waals surface area contributed by atoms with Crippen LogP contribution in [0.3, 0.4) is 0 Å². The zero-order chi connectivity index (χ0) is 31.4. The molecule has 9 rings (SSSR count). The van der Waals surface area contributed by atoms with Crippen molar-refractivity contribution in [3.8, 4) is 11.8 Å². The molecule has 0 bridgehead atoms. The van der Waals surface area contributed by atoms with E-state index in [1.807, 2.05) is 18.2 Å².